The molecule has 2 aromatic rings. The Kier molecular flexibility index (Phi) is 7.80. The molecule has 4 rings (SSSR count). The second-order valence-electron chi connectivity index (χ2n) is 9.03. The van der Waals surface area contributed by atoms with Crippen molar-refractivity contribution < 1.29 is 23.5 Å². The predicted octanol–water partition coefficient (Wildman–Crippen LogP) is 2.94. The fourth-order valence-electron chi connectivity index (χ4n) is 4.32. The highest BCUT2D eigenvalue weighted by molar-refractivity contribution is 5.97. The van der Waals surface area contributed by atoms with Crippen molar-refractivity contribution in [3.63, 3.8) is 0 Å². The first kappa shape index (κ1) is 24.2. The molecule has 0 saturated carbocycles. The second kappa shape index (κ2) is 11.0. The highest BCUT2D eigenvalue weighted by atomic mass is 19.1. The third kappa shape index (κ3) is 5.93. The molecule has 2 aromatic carbocycles. The zero-order valence-electron chi connectivity index (χ0n) is 19.8. The van der Waals surface area contributed by atoms with Crippen LogP contribution < -0.4 is 4.90 Å². The van der Waals surface area contributed by atoms with E-state index in [-0.39, 0.29) is 42.9 Å². The molecule has 0 radical (unpaired) electrons. The lowest BCUT2D eigenvalue weighted by Crippen LogP contribution is -2.42. The summed E-state index contributed by atoms with van der Waals surface area (Å²) in [7, 11) is 0. The third-order valence-electron chi connectivity index (χ3n) is 6.27. The fraction of sp³-hybridized carbons (Fsp3) is 0.462. The van der Waals surface area contributed by atoms with Gasteiger partial charge in [0.15, 0.2) is 0 Å². The lowest BCUT2D eigenvalue weighted by molar-refractivity contribution is -0.133. The Morgan fingerprint density at radius 1 is 1.06 bits per heavy atom. The first-order valence-corrected chi connectivity index (χ1v) is 11.8. The van der Waals surface area contributed by atoms with Gasteiger partial charge < -0.3 is 24.2 Å². The van der Waals surface area contributed by atoms with E-state index in [2.05, 4.69) is 4.90 Å². The Balaban J connectivity index is 1.46. The van der Waals surface area contributed by atoms with Gasteiger partial charge in [-0.25, -0.2) is 4.39 Å². The summed E-state index contributed by atoms with van der Waals surface area (Å²) in [6.45, 7) is 7.95. The number of morpholine rings is 1. The van der Waals surface area contributed by atoms with Gasteiger partial charge in [0.25, 0.3) is 5.91 Å². The Labute approximate surface area is 200 Å². The summed E-state index contributed by atoms with van der Waals surface area (Å²) in [6, 6.07) is 13.7. The van der Waals surface area contributed by atoms with Crippen LogP contribution in [0, 0.1) is 5.82 Å². The number of anilines is 1. The van der Waals surface area contributed by atoms with E-state index in [1.807, 2.05) is 38.1 Å². The molecular weight excluding hydrogens is 437 g/mol. The van der Waals surface area contributed by atoms with Crippen LogP contribution in [0.1, 0.15) is 29.8 Å². The van der Waals surface area contributed by atoms with Crippen LogP contribution in [0.4, 0.5) is 10.1 Å². The number of ether oxygens (including phenoxy) is 2. The van der Waals surface area contributed by atoms with Gasteiger partial charge in [0, 0.05) is 43.5 Å². The van der Waals surface area contributed by atoms with Crippen molar-refractivity contribution in [2.45, 2.75) is 32.6 Å². The molecule has 0 aliphatic carbocycles. The minimum absolute atomic E-state index is 0.00715. The van der Waals surface area contributed by atoms with Crippen LogP contribution in [0.2, 0.25) is 0 Å². The molecule has 2 aliphatic rings. The lowest BCUT2D eigenvalue weighted by atomic mass is 10.1. The minimum atomic E-state index is -0.351. The normalized spacial score (nSPS) is 19.5. The van der Waals surface area contributed by atoms with E-state index in [9.17, 15) is 14.0 Å². The summed E-state index contributed by atoms with van der Waals surface area (Å²) in [6.07, 6.45) is -0.351. The zero-order chi connectivity index (χ0) is 24.1. The zero-order valence-corrected chi connectivity index (χ0v) is 19.8. The average Bonchev–Trinajstić information content (AvgIpc) is 3.02. The van der Waals surface area contributed by atoms with Crippen LogP contribution in [-0.4, -0.2) is 79.7 Å². The molecule has 8 heteroatoms. The molecule has 2 saturated heterocycles. The van der Waals surface area contributed by atoms with Gasteiger partial charge in [-0.3, -0.25) is 9.59 Å². The Morgan fingerprint density at radius 3 is 2.38 bits per heavy atom. The van der Waals surface area contributed by atoms with Gasteiger partial charge in [0.05, 0.1) is 25.9 Å². The van der Waals surface area contributed by atoms with Crippen LogP contribution in [0.5, 0.6) is 0 Å². The molecule has 0 spiro atoms. The molecule has 1 atom stereocenters. The van der Waals surface area contributed by atoms with Crippen LogP contribution >= 0.6 is 0 Å². The predicted molar refractivity (Wildman–Crippen MR) is 127 cm³/mol. The highest BCUT2D eigenvalue weighted by Crippen LogP contribution is 2.20. The Morgan fingerprint density at radius 2 is 1.74 bits per heavy atom. The summed E-state index contributed by atoms with van der Waals surface area (Å²) in [4.78, 5) is 31.8. The summed E-state index contributed by atoms with van der Waals surface area (Å²) in [5, 5.41) is 0. The number of hydrogen-bond acceptors (Lipinski definition) is 5. The van der Waals surface area contributed by atoms with E-state index < -0.39 is 0 Å². The van der Waals surface area contributed by atoms with Gasteiger partial charge >= 0.3 is 0 Å². The number of carbonyl (C=O) groups is 2. The van der Waals surface area contributed by atoms with Gasteiger partial charge in [-0.1, -0.05) is 12.1 Å². The quantitative estimate of drug-likeness (QED) is 0.651. The first-order valence-electron chi connectivity index (χ1n) is 11.8. The maximum atomic E-state index is 13.3. The number of rotatable bonds is 6. The maximum absolute atomic E-state index is 13.3. The highest BCUT2D eigenvalue weighted by Gasteiger charge is 2.32. The van der Waals surface area contributed by atoms with Gasteiger partial charge in [-0.05, 0) is 55.8 Å². The van der Waals surface area contributed by atoms with Crippen molar-refractivity contribution in [3.05, 3.63) is 65.5 Å². The largest absolute Gasteiger partial charge is 0.378 e. The molecular formula is C26H32FN3O4. The number of hydrogen-bond donors (Lipinski definition) is 0. The smallest absolute Gasteiger partial charge is 0.254 e. The molecule has 182 valence electrons. The molecule has 0 N–H and O–H groups in total. The Bertz CT molecular complexity index is 975. The minimum Gasteiger partial charge on any atom is -0.378 e. The van der Waals surface area contributed by atoms with Crippen molar-refractivity contribution in [3.8, 4) is 0 Å². The van der Waals surface area contributed by atoms with E-state index >= 15 is 0 Å². The molecule has 2 aliphatic heterocycles. The summed E-state index contributed by atoms with van der Waals surface area (Å²) < 4.78 is 24.7. The van der Waals surface area contributed by atoms with Gasteiger partial charge in [0.1, 0.15) is 12.4 Å². The standard InChI is InChI=1S/C26H32FN3O4/c1-19(2)30-16-24(34-18-20-3-7-22(27)8-4-20)15-29(17-25(30)31)26(32)21-5-9-23(10-6-21)28-11-13-33-14-12-28/h3-10,19,24H,11-18H2,1-2H3. The van der Waals surface area contributed by atoms with Crippen LogP contribution in [0.15, 0.2) is 48.5 Å². The summed E-state index contributed by atoms with van der Waals surface area (Å²) in [5.74, 6) is -0.588. The second-order valence-corrected chi connectivity index (χ2v) is 9.03. The molecule has 2 fully saturated rings. The van der Waals surface area contributed by atoms with Crippen molar-refractivity contribution in [1.82, 2.24) is 9.80 Å². The molecule has 2 amide bonds. The number of nitrogens with zero attached hydrogens (tertiary/aromatic N) is 3. The van der Waals surface area contributed by atoms with E-state index in [0.717, 1.165) is 24.3 Å². The summed E-state index contributed by atoms with van der Waals surface area (Å²) >= 11 is 0. The molecule has 7 nitrogen and oxygen atoms in total. The maximum Gasteiger partial charge on any atom is 0.254 e. The van der Waals surface area contributed by atoms with E-state index in [1.165, 1.54) is 12.1 Å². The number of halogens is 1. The van der Waals surface area contributed by atoms with Crippen molar-refractivity contribution in [2.75, 3.05) is 50.8 Å². The summed E-state index contributed by atoms with van der Waals surface area (Å²) in [5.41, 5.74) is 2.43. The van der Waals surface area contributed by atoms with Crippen LogP contribution in [0.25, 0.3) is 0 Å². The van der Waals surface area contributed by atoms with Crippen LogP contribution in [-0.2, 0) is 20.9 Å². The SMILES string of the molecule is CC(C)N1CC(OCc2ccc(F)cc2)CN(C(=O)c2ccc(N3CCOCC3)cc2)CC1=O. The van der Waals surface area contributed by atoms with Crippen molar-refractivity contribution in [2.24, 2.45) is 0 Å². The number of benzene rings is 2. The first-order chi connectivity index (χ1) is 16.4. The number of amides is 2. The van der Waals surface area contributed by atoms with Crippen molar-refractivity contribution in [1.29, 1.82) is 0 Å². The third-order valence-corrected chi connectivity index (χ3v) is 6.27. The molecule has 0 aromatic heterocycles. The van der Waals surface area contributed by atoms with Gasteiger partial charge in [-0.2, -0.15) is 0 Å². The average molecular weight is 470 g/mol. The Hall–Kier alpha value is -2.97. The monoisotopic (exact) mass is 469 g/mol. The van der Waals surface area contributed by atoms with E-state index in [0.29, 0.717) is 31.9 Å². The fourth-order valence-corrected chi connectivity index (χ4v) is 4.32. The molecule has 34 heavy (non-hydrogen) atoms. The topological polar surface area (TPSA) is 62.3 Å². The van der Waals surface area contributed by atoms with E-state index in [1.54, 1.807) is 21.9 Å². The van der Waals surface area contributed by atoms with E-state index in [4.69, 9.17) is 9.47 Å². The molecule has 0 bridgehead atoms. The number of carbonyl (C=O) groups excluding carboxylic acids is 2. The molecule has 1 unspecified atom stereocenters. The van der Waals surface area contributed by atoms with Gasteiger partial charge in [0.2, 0.25) is 5.91 Å². The molecule has 2 heterocycles. The van der Waals surface area contributed by atoms with Gasteiger partial charge in [-0.15, -0.1) is 0 Å². The van der Waals surface area contributed by atoms with Crippen molar-refractivity contribution >= 4 is 17.5 Å². The lowest BCUT2D eigenvalue weighted by Gasteiger charge is -2.29. The van der Waals surface area contributed by atoms with Crippen LogP contribution in [0.3, 0.4) is 0 Å².